The van der Waals surface area contributed by atoms with Gasteiger partial charge in [0.05, 0.1) is 11.0 Å². The Morgan fingerprint density at radius 2 is 2.24 bits per heavy atom. The summed E-state index contributed by atoms with van der Waals surface area (Å²) < 4.78 is 14.3. The maximum atomic E-state index is 13.4. The Hall–Kier alpha value is -1.46. The van der Waals surface area contributed by atoms with Gasteiger partial charge < -0.3 is 10.0 Å². The first kappa shape index (κ1) is 14.5. The molecule has 1 N–H and O–H groups in total. The first-order valence-corrected chi connectivity index (χ1v) is 7.95. The molecule has 5 heteroatoms. The van der Waals surface area contributed by atoms with Gasteiger partial charge in [-0.05, 0) is 48.4 Å². The number of nitrogens with zero attached hydrogens (tertiary/aromatic N) is 1. The second kappa shape index (κ2) is 5.39. The molecule has 1 aromatic carbocycles. The second-order valence-corrected chi connectivity index (χ2v) is 6.83. The van der Waals surface area contributed by atoms with E-state index in [0.717, 1.165) is 22.1 Å². The molecule has 112 valence electrons. The Kier molecular flexibility index (Phi) is 3.71. The fraction of sp³-hybridized carbons (Fsp3) is 0.438. The number of hydrogen-bond donors (Lipinski definition) is 1. The van der Waals surface area contributed by atoms with E-state index in [-0.39, 0.29) is 17.6 Å². The zero-order valence-electron chi connectivity index (χ0n) is 12.1. The SMILES string of the molecule is Cc1c(C(=O)N2CCC(C)C(O)C2)sc2ccc(F)cc12. The molecule has 1 fully saturated rings. The highest BCUT2D eigenvalue weighted by atomic mass is 32.1. The molecule has 0 bridgehead atoms. The first-order chi connectivity index (χ1) is 9.97. The number of fused-ring (bicyclic) bond motifs is 1. The minimum Gasteiger partial charge on any atom is -0.391 e. The molecule has 1 aliphatic rings. The van der Waals surface area contributed by atoms with Gasteiger partial charge in [-0.3, -0.25) is 4.79 Å². The number of benzene rings is 1. The van der Waals surface area contributed by atoms with Crippen LogP contribution in [0.2, 0.25) is 0 Å². The van der Waals surface area contributed by atoms with Crippen molar-refractivity contribution in [2.45, 2.75) is 26.4 Å². The summed E-state index contributed by atoms with van der Waals surface area (Å²) in [5.41, 5.74) is 0.826. The molecule has 0 saturated carbocycles. The van der Waals surface area contributed by atoms with Gasteiger partial charge in [0.15, 0.2) is 0 Å². The maximum absolute atomic E-state index is 13.4. The second-order valence-electron chi connectivity index (χ2n) is 5.78. The topological polar surface area (TPSA) is 40.5 Å². The number of piperidine rings is 1. The Morgan fingerprint density at radius 1 is 1.48 bits per heavy atom. The Labute approximate surface area is 127 Å². The van der Waals surface area contributed by atoms with Crippen molar-refractivity contribution in [1.29, 1.82) is 0 Å². The van der Waals surface area contributed by atoms with Crippen LogP contribution in [-0.4, -0.2) is 35.1 Å². The average Bonchev–Trinajstić information content (AvgIpc) is 2.78. The molecular formula is C16H18FNO2S. The maximum Gasteiger partial charge on any atom is 0.264 e. The summed E-state index contributed by atoms with van der Waals surface area (Å²) in [6.07, 6.45) is 0.348. The molecule has 3 nitrogen and oxygen atoms in total. The molecule has 2 atom stereocenters. The molecule has 3 rings (SSSR count). The number of amides is 1. The number of aryl methyl sites for hydroxylation is 1. The fourth-order valence-corrected chi connectivity index (χ4v) is 3.93. The van der Waals surface area contributed by atoms with Crippen LogP contribution in [0.1, 0.15) is 28.6 Å². The number of aliphatic hydroxyl groups is 1. The molecule has 0 spiro atoms. The largest absolute Gasteiger partial charge is 0.391 e. The zero-order chi connectivity index (χ0) is 15.1. The molecule has 1 amide bonds. The minimum absolute atomic E-state index is 0.0555. The normalized spacial score (nSPS) is 22.8. The van der Waals surface area contributed by atoms with Crippen LogP contribution in [0.3, 0.4) is 0 Å². The number of β-amino-alcohol motifs (C(OH)–C–C–N with tert-alkyl or cyclic N) is 1. The van der Waals surface area contributed by atoms with Gasteiger partial charge in [0.1, 0.15) is 5.82 Å². The van der Waals surface area contributed by atoms with Crippen molar-refractivity contribution in [3.8, 4) is 0 Å². The Bertz CT molecular complexity index is 697. The lowest BCUT2D eigenvalue weighted by Crippen LogP contribution is -2.45. The van der Waals surface area contributed by atoms with E-state index in [1.54, 1.807) is 11.0 Å². The number of thiophene rings is 1. The molecule has 2 aromatic rings. The minimum atomic E-state index is -0.463. The number of carbonyl (C=O) groups is 1. The third-order valence-electron chi connectivity index (χ3n) is 4.30. The average molecular weight is 307 g/mol. The van der Waals surface area contributed by atoms with Gasteiger partial charge in [0.25, 0.3) is 5.91 Å². The van der Waals surface area contributed by atoms with E-state index in [4.69, 9.17) is 0 Å². The van der Waals surface area contributed by atoms with Gasteiger partial charge in [-0.15, -0.1) is 11.3 Å². The molecule has 0 radical (unpaired) electrons. The molecule has 1 saturated heterocycles. The number of aliphatic hydroxyl groups excluding tert-OH is 1. The van der Waals surface area contributed by atoms with Crippen LogP contribution in [0, 0.1) is 18.7 Å². The van der Waals surface area contributed by atoms with Gasteiger partial charge in [0.2, 0.25) is 0 Å². The molecule has 2 heterocycles. The van der Waals surface area contributed by atoms with Gasteiger partial charge in [-0.2, -0.15) is 0 Å². The van der Waals surface area contributed by atoms with Gasteiger partial charge >= 0.3 is 0 Å². The summed E-state index contributed by atoms with van der Waals surface area (Å²) in [5, 5.41) is 10.7. The molecule has 2 unspecified atom stereocenters. The van der Waals surface area contributed by atoms with E-state index in [2.05, 4.69) is 0 Å². The van der Waals surface area contributed by atoms with Crippen molar-refractivity contribution in [2.75, 3.05) is 13.1 Å². The van der Waals surface area contributed by atoms with E-state index in [1.807, 2.05) is 13.8 Å². The Morgan fingerprint density at radius 3 is 2.95 bits per heavy atom. The standard InChI is InChI=1S/C16H18FNO2S/c1-9-5-6-18(8-13(9)19)16(20)15-10(2)12-7-11(17)3-4-14(12)21-15/h3-4,7,9,13,19H,5-6,8H2,1-2H3. The fourth-order valence-electron chi connectivity index (χ4n) is 2.77. The van der Waals surface area contributed by atoms with E-state index in [9.17, 15) is 14.3 Å². The lowest BCUT2D eigenvalue weighted by Gasteiger charge is -2.34. The number of rotatable bonds is 1. The zero-order valence-corrected chi connectivity index (χ0v) is 12.9. The highest BCUT2D eigenvalue weighted by molar-refractivity contribution is 7.21. The molecule has 0 aliphatic carbocycles. The van der Waals surface area contributed by atoms with Gasteiger partial charge in [-0.25, -0.2) is 4.39 Å². The number of likely N-dealkylation sites (tertiary alicyclic amines) is 1. The van der Waals surface area contributed by atoms with Crippen LogP contribution in [-0.2, 0) is 0 Å². The van der Waals surface area contributed by atoms with Crippen molar-refractivity contribution in [2.24, 2.45) is 5.92 Å². The van der Waals surface area contributed by atoms with Gasteiger partial charge in [-0.1, -0.05) is 6.92 Å². The van der Waals surface area contributed by atoms with Crippen LogP contribution in [0.4, 0.5) is 4.39 Å². The summed E-state index contributed by atoms with van der Waals surface area (Å²) >= 11 is 1.40. The number of hydrogen-bond acceptors (Lipinski definition) is 3. The number of carbonyl (C=O) groups excluding carboxylic acids is 1. The molecule has 1 aliphatic heterocycles. The van der Waals surface area contributed by atoms with E-state index >= 15 is 0 Å². The molecule has 1 aromatic heterocycles. The first-order valence-electron chi connectivity index (χ1n) is 7.13. The monoisotopic (exact) mass is 307 g/mol. The van der Waals surface area contributed by atoms with E-state index in [1.165, 1.54) is 23.5 Å². The predicted molar refractivity (Wildman–Crippen MR) is 82.2 cm³/mol. The predicted octanol–water partition coefficient (Wildman–Crippen LogP) is 3.19. The van der Waals surface area contributed by atoms with Crippen molar-refractivity contribution < 1.29 is 14.3 Å². The van der Waals surface area contributed by atoms with Crippen LogP contribution >= 0.6 is 11.3 Å². The summed E-state index contributed by atoms with van der Waals surface area (Å²) in [6.45, 7) is 4.90. The number of halogens is 1. The lowest BCUT2D eigenvalue weighted by atomic mass is 9.96. The van der Waals surface area contributed by atoms with Crippen molar-refractivity contribution in [3.63, 3.8) is 0 Å². The third-order valence-corrected chi connectivity index (χ3v) is 5.56. The lowest BCUT2D eigenvalue weighted by molar-refractivity contribution is 0.0251. The molecular weight excluding hydrogens is 289 g/mol. The quantitative estimate of drug-likeness (QED) is 0.879. The smallest absolute Gasteiger partial charge is 0.264 e. The highest BCUT2D eigenvalue weighted by Gasteiger charge is 2.29. The third kappa shape index (κ3) is 2.56. The van der Waals surface area contributed by atoms with Crippen molar-refractivity contribution in [1.82, 2.24) is 4.90 Å². The van der Waals surface area contributed by atoms with Crippen LogP contribution in [0.25, 0.3) is 10.1 Å². The van der Waals surface area contributed by atoms with Crippen LogP contribution in [0.5, 0.6) is 0 Å². The summed E-state index contributed by atoms with van der Waals surface area (Å²) in [5.74, 6) is -0.115. The highest BCUT2D eigenvalue weighted by Crippen LogP contribution is 2.33. The van der Waals surface area contributed by atoms with Gasteiger partial charge in [0, 0.05) is 17.8 Å². The summed E-state index contributed by atoms with van der Waals surface area (Å²) in [4.78, 5) is 15.0. The summed E-state index contributed by atoms with van der Waals surface area (Å²) in [6, 6.07) is 4.61. The summed E-state index contributed by atoms with van der Waals surface area (Å²) in [7, 11) is 0. The van der Waals surface area contributed by atoms with E-state index in [0.29, 0.717) is 18.0 Å². The van der Waals surface area contributed by atoms with E-state index < -0.39 is 6.10 Å². The van der Waals surface area contributed by atoms with Crippen molar-refractivity contribution >= 4 is 27.3 Å². The Balaban J connectivity index is 1.93. The van der Waals surface area contributed by atoms with Crippen molar-refractivity contribution in [3.05, 3.63) is 34.5 Å². The molecule has 21 heavy (non-hydrogen) atoms. The van der Waals surface area contributed by atoms with Crippen LogP contribution in [0.15, 0.2) is 18.2 Å². The van der Waals surface area contributed by atoms with Crippen LogP contribution < -0.4 is 0 Å².